The third kappa shape index (κ3) is 3.20. The van der Waals surface area contributed by atoms with E-state index in [-0.39, 0.29) is 6.03 Å². The van der Waals surface area contributed by atoms with E-state index in [9.17, 15) is 4.79 Å². The molecule has 1 saturated carbocycles. The Balaban J connectivity index is 1.44. The Labute approximate surface area is 151 Å². The first-order chi connectivity index (χ1) is 12.6. The smallest absolute Gasteiger partial charge is 0.319 e. The highest BCUT2D eigenvalue weighted by Gasteiger charge is 2.28. The molecule has 1 fully saturated rings. The second kappa shape index (κ2) is 6.67. The maximum Gasteiger partial charge on any atom is 0.319 e. The van der Waals surface area contributed by atoms with Crippen LogP contribution in [0.25, 0.3) is 11.5 Å². The topological polar surface area (TPSA) is 85.0 Å². The third-order valence-corrected chi connectivity index (χ3v) is 4.77. The Bertz CT molecular complexity index is 926. The molecule has 1 aliphatic carbocycles. The van der Waals surface area contributed by atoms with E-state index >= 15 is 0 Å². The van der Waals surface area contributed by atoms with E-state index in [2.05, 4.69) is 20.7 Å². The van der Waals surface area contributed by atoms with Gasteiger partial charge in [0.05, 0.1) is 24.6 Å². The first-order valence-electron chi connectivity index (χ1n) is 8.68. The van der Waals surface area contributed by atoms with E-state index in [0.717, 1.165) is 22.5 Å². The second-order valence-electron chi connectivity index (χ2n) is 6.57. The lowest BCUT2D eigenvalue weighted by Crippen LogP contribution is -2.29. The molecule has 0 atom stereocenters. The standard InChI is InChI=1S/C19H21N5O2/c1-12-14(18-20-8-9-26-18)4-3-5-16(12)23-19(25)21-11-17-15(13-6-7-13)10-22-24(17)2/h3-5,8-10,13H,6-7,11H2,1-2H3,(H2,21,23,25). The molecular formula is C19H21N5O2. The molecule has 0 saturated heterocycles. The molecule has 0 spiro atoms. The van der Waals surface area contributed by atoms with Crippen molar-refractivity contribution >= 4 is 11.7 Å². The molecule has 2 aromatic heterocycles. The predicted molar refractivity (Wildman–Crippen MR) is 97.7 cm³/mol. The van der Waals surface area contributed by atoms with Crippen molar-refractivity contribution in [3.63, 3.8) is 0 Å². The van der Waals surface area contributed by atoms with Gasteiger partial charge >= 0.3 is 6.03 Å². The van der Waals surface area contributed by atoms with Crippen LogP contribution in [0.3, 0.4) is 0 Å². The van der Waals surface area contributed by atoms with Crippen LogP contribution in [0.15, 0.2) is 41.3 Å². The van der Waals surface area contributed by atoms with Gasteiger partial charge in [-0.25, -0.2) is 9.78 Å². The number of nitrogens with zero attached hydrogens (tertiary/aromatic N) is 3. The molecule has 0 unspecified atom stereocenters. The summed E-state index contributed by atoms with van der Waals surface area (Å²) in [5.41, 5.74) is 4.80. The van der Waals surface area contributed by atoms with Crippen molar-refractivity contribution in [3.8, 4) is 11.5 Å². The fourth-order valence-corrected chi connectivity index (χ4v) is 3.12. The molecular weight excluding hydrogens is 330 g/mol. The first kappa shape index (κ1) is 16.4. The van der Waals surface area contributed by atoms with E-state index < -0.39 is 0 Å². The molecule has 7 nitrogen and oxygen atoms in total. The number of carbonyl (C=O) groups excluding carboxylic acids is 1. The lowest BCUT2D eigenvalue weighted by atomic mass is 10.1. The van der Waals surface area contributed by atoms with Crippen LogP contribution in [-0.4, -0.2) is 20.8 Å². The molecule has 26 heavy (non-hydrogen) atoms. The van der Waals surface area contributed by atoms with Gasteiger partial charge in [0.25, 0.3) is 0 Å². The molecule has 2 N–H and O–H groups in total. The van der Waals surface area contributed by atoms with Crippen LogP contribution in [0.5, 0.6) is 0 Å². The fraction of sp³-hybridized carbons (Fsp3) is 0.316. The average Bonchev–Trinajstić information content (AvgIpc) is 3.19. The van der Waals surface area contributed by atoms with Gasteiger partial charge in [0.1, 0.15) is 6.26 Å². The maximum absolute atomic E-state index is 12.4. The summed E-state index contributed by atoms with van der Waals surface area (Å²) in [6.07, 6.45) is 7.46. The van der Waals surface area contributed by atoms with E-state index in [1.54, 1.807) is 6.20 Å². The zero-order chi connectivity index (χ0) is 18.1. The number of carbonyl (C=O) groups is 1. The van der Waals surface area contributed by atoms with Gasteiger partial charge in [-0.15, -0.1) is 0 Å². The molecule has 1 aliphatic rings. The number of rotatable bonds is 5. The molecule has 0 radical (unpaired) electrons. The van der Waals surface area contributed by atoms with Crippen molar-refractivity contribution < 1.29 is 9.21 Å². The summed E-state index contributed by atoms with van der Waals surface area (Å²) in [5.74, 6) is 1.14. The summed E-state index contributed by atoms with van der Waals surface area (Å²) in [6, 6.07) is 5.40. The van der Waals surface area contributed by atoms with Crippen LogP contribution < -0.4 is 10.6 Å². The van der Waals surface area contributed by atoms with Crippen LogP contribution in [0, 0.1) is 6.92 Å². The van der Waals surface area contributed by atoms with Gasteiger partial charge in [-0.2, -0.15) is 5.10 Å². The Morgan fingerprint density at radius 3 is 2.96 bits per heavy atom. The van der Waals surface area contributed by atoms with Crippen LogP contribution >= 0.6 is 0 Å². The molecule has 134 valence electrons. The Hall–Kier alpha value is -3.09. The highest BCUT2D eigenvalue weighted by atomic mass is 16.3. The number of urea groups is 1. The van der Waals surface area contributed by atoms with Crippen molar-refractivity contribution in [2.75, 3.05) is 5.32 Å². The number of nitrogens with one attached hydrogen (secondary N) is 2. The summed E-state index contributed by atoms with van der Waals surface area (Å²) >= 11 is 0. The summed E-state index contributed by atoms with van der Waals surface area (Å²) in [6.45, 7) is 2.38. The van der Waals surface area contributed by atoms with Crippen molar-refractivity contribution in [1.29, 1.82) is 0 Å². The molecule has 1 aromatic carbocycles. The highest BCUT2D eigenvalue weighted by Crippen LogP contribution is 2.41. The number of hydrogen-bond acceptors (Lipinski definition) is 4. The number of aryl methyl sites for hydroxylation is 1. The predicted octanol–water partition coefficient (Wildman–Crippen LogP) is 3.58. The maximum atomic E-state index is 12.4. The lowest BCUT2D eigenvalue weighted by molar-refractivity contribution is 0.251. The SMILES string of the molecule is Cc1c(NC(=O)NCc2c(C3CC3)cnn2C)cccc1-c1ncco1. The first-order valence-corrected chi connectivity index (χ1v) is 8.68. The summed E-state index contributed by atoms with van der Waals surface area (Å²) in [5, 5.41) is 10.2. The van der Waals surface area contributed by atoms with Gasteiger partial charge < -0.3 is 15.1 Å². The number of anilines is 1. The lowest BCUT2D eigenvalue weighted by Gasteiger charge is -2.12. The van der Waals surface area contributed by atoms with E-state index in [1.807, 2.05) is 43.0 Å². The van der Waals surface area contributed by atoms with Gasteiger partial charge in [-0.1, -0.05) is 6.07 Å². The highest BCUT2D eigenvalue weighted by molar-refractivity contribution is 5.91. The van der Waals surface area contributed by atoms with Gasteiger partial charge in [0, 0.05) is 18.3 Å². The average molecular weight is 351 g/mol. The third-order valence-electron chi connectivity index (χ3n) is 4.77. The van der Waals surface area contributed by atoms with E-state index in [1.165, 1.54) is 24.7 Å². The molecule has 2 heterocycles. The Kier molecular flexibility index (Phi) is 4.20. The van der Waals surface area contributed by atoms with Crippen LogP contribution in [-0.2, 0) is 13.6 Å². The van der Waals surface area contributed by atoms with E-state index in [0.29, 0.717) is 18.4 Å². The molecule has 3 aromatic rings. The summed E-state index contributed by atoms with van der Waals surface area (Å²) in [4.78, 5) is 16.5. The zero-order valence-corrected chi connectivity index (χ0v) is 14.8. The minimum Gasteiger partial charge on any atom is -0.445 e. The Morgan fingerprint density at radius 2 is 2.23 bits per heavy atom. The monoisotopic (exact) mass is 351 g/mol. The van der Waals surface area contributed by atoms with Crippen LogP contribution in [0.4, 0.5) is 10.5 Å². The quantitative estimate of drug-likeness (QED) is 0.736. The normalized spacial score (nSPS) is 13.6. The van der Waals surface area contributed by atoms with Crippen molar-refractivity contribution in [2.24, 2.45) is 7.05 Å². The number of oxazole rings is 1. The number of aromatic nitrogens is 3. The summed E-state index contributed by atoms with van der Waals surface area (Å²) in [7, 11) is 1.91. The zero-order valence-electron chi connectivity index (χ0n) is 14.8. The Morgan fingerprint density at radius 1 is 1.38 bits per heavy atom. The molecule has 7 heteroatoms. The van der Waals surface area contributed by atoms with Crippen LogP contribution in [0.1, 0.15) is 35.6 Å². The van der Waals surface area contributed by atoms with Gasteiger partial charge in [0.15, 0.2) is 0 Å². The largest absolute Gasteiger partial charge is 0.445 e. The second-order valence-corrected chi connectivity index (χ2v) is 6.57. The number of benzene rings is 1. The fourth-order valence-electron chi connectivity index (χ4n) is 3.12. The summed E-state index contributed by atoms with van der Waals surface area (Å²) < 4.78 is 7.20. The minimum absolute atomic E-state index is 0.249. The number of amides is 2. The van der Waals surface area contributed by atoms with Gasteiger partial charge in [-0.05, 0) is 48.9 Å². The minimum atomic E-state index is -0.249. The van der Waals surface area contributed by atoms with Crippen LogP contribution in [0.2, 0.25) is 0 Å². The number of hydrogen-bond donors (Lipinski definition) is 2. The van der Waals surface area contributed by atoms with Gasteiger partial charge in [-0.3, -0.25) is 4.68 Å². The van der Waals surface area contributed by atoms with E-state index in [4.69, 9.17) is 4.42 Å². The van der Waals surface area contributed by atoms with Crippen molar-refractivity contribution in [3.05, 3.63) is 53.7 Å². The molecule has 2 amide bonds. The molecule has 0 bridgehead atoms. The molecule has 0 aliphatic heterocycles. The van der Waals surface area contributed by atoms with Crippen molar-refractivity contribution in [2.45, 2.75) is 32.2 Å². The van der Waals surface area contributed by atoms with Crippen molar-refractivity contribution in [1.82, 2.24) is 20.1 Å². The molecule has 4 rings (SSSR count). The van der Waals surface area contributed by atoms with Gasteiger partial charge in [0.2, 0.25) is 5.89 Å².